The molecule has 28 heavy (non-hydrogen) atoms. The van der Waals surface area contributed by atoms with Crippen LogP contribution in [-0.2, 0) is 24.9 Å². The second-order valence-corrected chi connectivity index (χ2v) is 8.95. The fourth-order valence-corrected chi connectivity index (χ4v) is 4.81. The molecule has 0 bridgehead atoms. The van der Waals surface area contributed by atoms with Gasteiger partial charge in [0.1, 0.15) is 12.3 Å². The third-order valence-corrected chi connectivity index (χ3v) is 6.50. The Morgan fingerprint density at radius 3 is 2.68 bits per heavy atom. The van der Waals surface area contributed by atoms with Gasteiger partial charge in [0.05, 0.1) is 6.10 Å². The SMILES string of the molecule is CC1CCCC(OCc2nc(-c3ccn(C)n3)nn2CCC2CCCCC2)C1. The molecule has 2 atom stereocenters. The second kappa shape index (κ2) is 9.21. The Bertz CT molecular complexity index is 746. The van der Waals surface area contributed by atoms with E-state index in [0.717, 1.165) is 35.7 Å². The first kappa shape index (κ1) is 19.6. The van der Waals surface area contributed by atoms with Crippen molar-refractivity contribution in [3.05, 3.63) is 18.1 Å². The lowest BCUT2D eigenvalue weighted by Gasteiger charge is -2.26. The average molecular weight is 386 g/mol. The van der Waals surface area contributed by atoms with E-state index in [0.29, 0.717) is 12.7 Å². The van der Waals surface area contributed by atoms with Gasteiger partial charge in [0.2, 0.25) is 5.82 Å². The van der Waals surface area contributed by atoms with E-state index >= 15 is 0 Å². The van der Waals surface area contributed by atoms with Crippen LogP contribution >= 0.6 is 0 Å². The highest BCUT2D eigenvalue weighted by molar-refractivity contribution is 5.47. The van der Waals surface area contributed by atoms with E-state index in [1.165, 1.54) is 64.2 Å². The van der Waals surface area contributed by atoms with E-state index in [1.807, 2.05) is 19.3 Å². The van der Waals surface area contributed by atoms with Gasteiger partial charge in [0.15, 0.2) is 5.82 Å². The van der Waals surface area contributed by atoms with Crippen LogP contribution in [0.3, 0.4) is 0 Å². The molecule has 6 nitrogen and oxygen atoms in total. The fraction of sp³-hybridized carbons (Fsp3) is 0.773. The molecule has 0 amide bonds. The minimum absolute atomic E-state index is 0.366. The minimum Gasteiger partial charge on any atom is -0.370 e. The largest absolute Gasteiger partial charge is 0.370 e. The van der Waals surface area contributed by atoms with E-state index in [1.54, 1.807) is 4.68 Å². The summed E-state index contributed by atoms with van der Waals surface area (Å²) in [4.78, 5) is 4.81. The standard InChI is InChI=1S/C22H35N5O/c1-17-7-6-10-19(15-17)28-16-21-23-22(20-12-13-26(2)24-20)25-27(21)14-11-18-8-4-3-5-9-18/h12-13,17-19H,3-11,14-16H2,1-2H3. The average Bonchev–Trinajstić information content (AvgIpc) is 3.32. The van der Waals surface area contributed by atoms with Crippen LogP contribution in [0.4, 0.5) is 0 Å². The Kier molecular flexibility index (Phi) is 6.45. The second-order valence-electron chi connectivity index (χ2n) is 8.95. The van der Waals surface area contributed by atoms with Crippen molar-refractivity contribution in [2.45, 2.75) is 90.4 Å². The van der Waals surface area contributed by atoms with Crippen molar-refractivity contribution < 1.29 is 4.74 Å². The van der Waals surface area contributed by atoms with Gasteiger partial charge in [0.25, 0.3) is 0 Å². The van der Waals surface area contributed by atoms with Crippen LogP contribution in [0.15, 0.2) is 12.3 Å². The maximum atomic E-state index is 6.28. The molecule has 0 aliphatic heterocycles. The Morgan fingerprint density at radius 1 is 1.07 bits per heavy atom. The first-order chi connectivity index (χ1) is 13.7. The Morgan fingerprint density at radius 2 is 1.93 bits per heavy atom. The third-order valence-electron chi connectivity index (χ3n) is 6.50. The third kappa shape index (κ3) is 5.02. The normalized spacial score (nSPS) is 23.9. The van der Waals surface area contributed by atoms with Crippen molar-refractivity contribution in [2.24, 2.45) is 18.9 Å². The van der Waals surface area contributed by atoms with Gasteiger partial charge in [-0.2, -0.15) is 5.10 Å². The molecule has 2 aliphatic carbocycles. The molecule has 2 aromatic rings. The molecule has 6 heteroatoms. The summed E-state index contributed by atoms with van der Waals surface area (Å²) >= 11 is 0. The lowest BCUT2D eigenvalue weighted by molar-refractivity contribution is -0.0000157. The summed E-state index contributed by atoms with van der Waals surface area (Å²) in [5.74, 6) is 3.28. The Hall–Kier alpha value is -1.69. The summed E-state index contributed by atoms with van der Waals surface area (Å²) in [5, 5.41) is 9.29. The Labute approximate surface area is 168 Å². The first-order valence-electron chi connectivity index (χ1n) is 11.2. The fourth-order valence-electron chi connectivity index (χ4n) is 4.81. The van der Waals surface area contributed by atoms with Gasteiger partial charge in [-0.25, -0.2) is 9.67 Å². The van der Waals surface area contributed by atoms with Gasteiger partial charge < -0.3 is 4.74 Å². The molecule has 154 valence electrons. The lowest BCUT2D eigenvalue weighted by Crippen LogP contribution is -2.22. The molecular weight excluding hydrogens is 350 g/mol. The van der Waals surface area contributed by atoms with Crippen LogP contribution in [0.1, 0.15) is 77.0 Å². The van der Waals surface area contributed by atoms with Gasteiger partial charge in [-0.15, -0.1) is 5.10 Å². The van der Waals surface area contributed by atoms with Crippen LogP contribution in [0.2, 0.25) is 0 Å². The molecule has 2 fully saturated rings. The maximum Gasteiger partial charge on any atom is 0.201 e. The number of nitrogens with zero attached hydrogens (tertiary/aromatic N) is 5. The molecule has 0 N–H and O–H groups in total. The van der Waals surface area contributed by atoms with Gasteiger partial charge in [-0.1, -0.05) is 51.9 Å². The zero-order valence-electron chi connectivity index (χ0n) is 17.5. The van der Waals surface area contributed by atoms with Crippen molar-refractivity contribution in [3.8, 4) is 11.5 Å². The summed E-state index contributed by atoms with van der Waals surface area (Å²) < 4.78 is 10.2. The molecule has 0 saturated heterocycles. The first-order valence-corrected chi connectivity index (χ1v) is 11.2. The number of hydrogen-bond acceptors (Lipinski definition) is 4. The Balaban J connectivity index is 1.44. The molecule has 2 aromatic heterocycles. The molecule has 2 saturated carbocycles. The van der Waals surface area contributed by atoms with Gasteiger partial charge in [0, 0.05) is 19.8 Å². The number of aryl methyl sites for hydroxylation is 2. The topological polar surface area (TPSA) is 57.8 Å². The van der Waals surface area contributed by atoms with Gasteiger partial charge in [-0.3, -0.25) is 4.68 Å². The van der Waals surface area contributed by atoms with Crippen LogP contribution in [-0.4, -0.2) is 30.6 Å². The van der Waals surface area contributed by atoms with Crippen molar-refractivity contribution >= 4 is 0 Å². The van der Waals surface area contributed by atoms with Crippen LogP contribution in [0.25, 0.3) is 11.5 Å². The molecule has 2 unspecified atom stereocenters. The summed E-state index contributed by atoms with van der Waals surface area (Å²) in [6.07, 6.45) is 15.4. The van der Waals surface area contributed by atoms with E-state index in [4.69, 9.17) is 14.8 Å². The smallest absolute Gasteiger partial charge is 0.201 e. The molecule has 4 rings (SSSR count). The monoisotopic (exact) mass is 385 g/mol. The minimum atomic E-state index is 0.366. The molecule has 0 spiro atoms. The highest BCUT2D eigenvalue weighted by atomic mass is 16.5. The van der Waals surface area contributed by atoms with Crippen molar-refractivity contribution in [2.75, 3.05) is 0 Å². The predicted octanol–water partition coefficient (Wildman–Crippen LogP) is 4.74. The molecule has 0 radical (unpaired) electrons. The summed E-state index contributed by atoms with van der Waals surface area (Å²) in [7, 11) is 1.93. The van der Waals surface area contributed by atoms with E-state index < -0.39 is 0 Å². The zero-order valence-corrected chi connectivity index (χ0v) is 17.5. The van der Waals surface area contributed by atoms with Crippen LogP contribution in [0, 0.1) is 11.8 Å². The predicted molar refractivity (Wildman–Crippen MR) is 110 cm³/mol. The zero-order chi connectivity index (χ0) is 19.3. The van der Waals surface area contributed by atoms with Gasteiger partial charge >= 0.3 is 0 Å². The van der Waals surface area contributed by atoms with Crippen molar-refractivity contribution in [1.82, 2.24) is 24.5 Å². The quantitative estimate of drug-likeness (QED) is 0.690. The van der Waals surface area contributed by atoms with Crippen molar-refractivity contribution in [1.29, 1.82) is 0 Å². The maximum absolute atomic E-state index is 6.28. The lowest BCUT2D eigenvalue weighted by atomic mass is 9.87. The summed E-state index contributed by atoms with van der Waals surface area (Å²) in [6, 6.07) is 1.98. The van der Waals surface area contributed by atoms with Crippen LogP contribution < -0.4 is 0 Å². The van der Waals surface area contributed by atoms with Crippen molar-refractivity contribution in [3.63, 3.8) is 0 Å². The highest BCUT2D eigenvalue weighted by Crippen LogP contribution is 2.28. The summed E-state index contributed by atoms with van der Waals surface area (Å²) in [6.45, 7) is 3.83. The summed E-state index contributed by atoms with van der Waals surface area (Å²) in [5.41, 5.74) is 0.839. The van der Waals surface area contributed by atoms with E-state index in [2.05, 4.69) is 16.7 Å². The van der Waals surface area contributed by atoms with Crippen LogP contribution in [0.5, 0.6) is 0 Å². The van der Waals surface area contributed by atoms with E-state index in [-0.39, 0.29) is 0 Å². The number of aromatic nitrogens is 5. The van der Waals surface area contributed by atoms with Gasteiger partial charge in [-0.05, 0) is 37.2 Å². The van der Waals surface area contributed by atoms with E-state index in [9.17, 15) is 0 Å². The highest BCUT2D eigenvalue weighted by Gasteiger charge is 2.22. The molecule has 2 heterocycles. The molecule has 0 aromatic carbocycles. The number of rotatable bonds is 7. The number of hydrogen-bond donors (Lipinski definition) is 0. The molecular formula is C22H35N5O. The molecule has 2 aliphatic rings. The number of ether oxygens (including phenoxy) is 1.